The summed E-state index contributed by atoms with van der Waals surface area (Å²) in [6.07, 6.45) is 0. The van der Waals surface area contributed by atoms with Crippen LogP contribution in [-0.4, -0.2) is 20.9 Å². The second kappa shape index (κ2) is 6.99. The summed E-state index contributed by atoms with van der Waals surface area (Å²) in [5.74, 6) is -0.628. The fourth-order valence-electron chi connectivity index (χ4n) is 2.92. The lowest BCUT2D eigenvalue weighted by Gasteiger charge is -2.07. The molecule has 3 aromatic carbocycles. The summed E-state index contributed by atoms with van der Waals surface area (Å²) in [7, 11) is 0. The third-order valence-electron chi connectivity index (χ3n) is 4.46. The number of carbonyl (C=O) groups excluding carboxylic acids is 1. The highest BCUT2D eigenvalue weighted by atomic mass is 19.1. The highest BCUT2D eigenvalue weighted by Crippen LogP contribution is 2.18. The SMILES string of the molecule is Cc1ccccc1Cn1nnc2cc(C(=O)Nc3ccc(F)cc3)ccc21. The Bertz CT molecular complexity index is 1120. The number of hydrogen-bond donors (Lipinski definition) is 1. The lowest BCUT2D eigenvalue weighted by molar-refractivity contribution is 0.102. The fraction of sp³-hybridized carbons (Fsp3) is 0.0952. The van der Waals surface area contributed by atoms with Crippen LogP contribution in [0.1, 0.15) is 21.5 Å². The van der Waals surface area contributed by atoms with Crippen LogP contribution in [0.4, 0.5) is 10.1 Å². The Morgan fingerprint density at radius 2 is 1.85 bits per heavy atom. The molecule has 5 nitrogen and oxygen atoms in total. The maximum absolute atomic E-state index is 13.0. The number of aryl methyl sites for hydroxylation is 1. The van der Waals surface area contributed by atoms with Crippen molar-refractivity contribution < 1.29 is 9.18 Å². The van der Waals surface area contributed by atoms with Crippen molar-refractivity contribution in [2.24, 2.45) is 0 Å². The normalized spacial score (nSPS) is 10.9. The van der Waals surface area contributed by atoms with Gasteiger partial charge in [0.25, 0.3) is 5.91 Å². The summed E-state index contributed by atoms with van der Waals surface area (Å²) < 4.78 is 14.8. The number of carbonyl (C=O) groups is 1. The highest BCUT2D eigenvalue weighted by Gasteiger charge is 2.11. The van der Waals surface area contributed by atoms with E-state index in [4.69, 9.17) is 0 Å². The molecule has 0 spiro atoms. The average molecular weight is 360 g/mol. The van der Waals surface area contributed by atoms with Gasteiger partial charge in [0, 0.05) is 11.3 Å². The van der Waals surface area contributed by atoms with Crippen molar-refractivity contribution >= 4 is 22.6 Å². The van der Waals surface area contributed by atoms with E-state index in [2.05, 4.69) is 34.7 Å². The molecule has 0 aliphatic rings. The Labute approximate surface area is 155 Å². The van der Waals surface area contributed by atoms with Crippen molar-refractivity contribution in [2.75, 3.05) is 5.32 Å². The molecule has 134 valence electrons. The van der Waals surface area contributed by atoms with Gasteiger partial charge >= 0.3 is 0 Å². The van der Waals surface area contributed by atoms with Crippen molar-refractivity contribution in [3.05, 3.63) is 89.2 Å². The lowest BCUT2D eigenvalue weighted by Crippen LogP contribution is -2.11. The van der Waals surface area contributed by atoms with Gasteiger partial charge in [0.1, 0.15) is 11.3 Å². The molecular weight excluding hydrogens is 343 g/mol. The number of rotatable bonds is 4. The number of nitrogens with one attached hydrogen (secondary N) is 1. The molecular formula is C21H17FN4O. The molecule has 4 rings (SSSR count). The molecule has 0 aliphatic carbocycles. The number of aromatic nitrogens is 3. The van der Waals surface area contributed by atoms with Gasteiger partial charge in [-0.2, -0.15) is 0 Å². The minimum absolute atomic E-state index is 0.281. The molecule has 1 amide bonds. The summed E-state index contributed by atoms with van der Waals surface area (Å²) in [5.41, 5.74) is 4.87. The summed E-state index contributed by atoms with van der Waals surface area (Å²) in [6, 6.07) is 19.0. The molecule has 1 aromatic heterocycles. The lowest BCUT2D eigenvalue weighted by atomic mass is 10.1. The van der Waals surface area contributed by atoms with Crippen LogP contribution in [0.2, 0.25) is 0 Å². The van der Waals surface area contributed by atoms with Gasteiger partial charge in [-0.05, 0) is 60.5 Å². The summed E-state index contributed by atoms with van der Waals surface area (Å²) in [5, 5.41) is 11.2. The monoisotopic (exact) mass is 360 g/mol. The zero-order chi connectivity index (χ0) is 18.8. The standard InChI is InChI=1S/C21H17FN4O/c1-14-4-2-3-5-16(14)13-26-20-11-6-15(12-19(20)24-25-26)21(27)23-18-9-7-17(22)8-10-18/h2-12H,13H2,1H3,(H,23,27). The van der Waals surface area contributed by atoms with E-state index < -0.39 is 0 Å². The van der Waals surface area contributed by atoms with E-state index in [9.17, 15) is 9.18 Å². The molecule has 0 unspecified atom stereocenters. The van der Waals surface area contributed by atoms with Crippen LogP contribution < -0.4 is 5.32 Å². The first-order chi connectivity index (χ1) is 13.1. The van der Waals surface area contributed by atoms with Gasteiger partial charge < -0.3 is 5.32 Å². The smallest absolute Gasteiger partial charge is 0.255 e. The predicted octanol–water partition coefficient (Wildman–Crippen LogP) is 4.18. The number of anilines is 1. The Kier molecular flexibility index (Phi) is 4.38. The highest BCUT2D eigenvalue weighted by molar-refractivity contribution is 6.05. The van der Waals surface area contributed by atoms with Gasteiger partial charge in [0.05, 0.1) is 12.1 Å². The summed E-state index contributed by atoms with van der Waals surface area (Å²) in [4.78, 5) is 12.4. The minimum Gasteiger partial charge on any atom is -0.322 e. The number of halogens is 1. The van der Waals surface area contributed by atoms with Gasteiger partial charge in [-0.3, -0.25) is 4.79 Å². The number of hydrogen-bond acceptors (Lipinski definition) is 3. The Balaban J connectivity index is 1.57. The molecule has 0 fully saturated rings. The third-order valence-corrected chi connectivity index (χ3v) is 4.46. The van der Waals surface area contributed by atoms with Crippen LogP contribution in [-0.2, 0) is 6.54 Å². The molecule has 0 aliphatic heterocycles. The Morgan fingerprint density at radius 1 is 1.07 bits per heavy atom. The van der Waals surface area contributed by atoms with Gasteiger partial charge in [0.2, 0.25) is 0 Å². The number of amides is 1. The third kappa shape index (κ3) is 3.55. The molecule has 4 aromatic rings. The van der Waals surface area contributed by atoms with Gasteiger partial charge in [-0.25, -0.2) is 9.07 Å². The van der Waals surface area contributed by atoms with Crippen LogP contribution in [0.25, 0.3) is 11.0 Å². The van der Waals surface area contributed by atoms with Crippen molar-refractivity contribution in [3.8, 4) is 0 Å². The van der Waals surface area contributed by atoms with E-state index in [-0.39, 0.29) is 11.7 Å². The quantitative estimate of drug-likeness (QED) is 0.594. The molecule has 0 radical (unpaired) electrons. The molecule has 0 saturated heterocycles. The zero-order valence-corrected chi connectivity index (χ0v) is 14.7. The summed E-state index contributed by atoms with van der Waals surface area (Å²) in [6.45, 7) is 2.68. The molecule has 1 heterocycles. The second-order valence-electron chi connectivity index (χ2n) is 6.34. The van der Waals surface area contributed by atoms with Crippen LogP contribution in [0.5, 0.6) is 0 Å². The van der Waals surface area contributed by atoms with Gasteiger partial charge in [-0.15, -0.1) is 5.10 Å². The van der Waals surface area contributed by atoms with Crippen molar-refractivity contribution in [1.29, 1.82) is 0 Å². The van der Waals surface area contributed by atoms with E-state index in [0.717, 1.165) is 5.52 Å². The zero-order valence-electron chi connectivity index (χ0n) is 14.7. The van der Waals surface area contributed by atoms with E-state index in [1.165, 1.54) is 35.4 Å². The summed E-state index contributed by atoms with van der Waals surface area (Å²) >= 11 is 0. The molecule has 27 heavy (non-hydrogen) atoms. The van der Waals surface area contributed by atoms with Crippen LogP contribution in [0.15, 0.2) is 66.7 Å². The Hall–Kier alpha value is -3.54. The molecule has 0 atom stereocenters. The van der Waals surface area contributed by atoms with E-state index in [0.29, 0.717) is 23.3 Å². The fourth-order valence-corrected chi connectivity index (χ4v) is 2.92. The topological polar surface area (TPSA) is 59.8 Å². The van der Waals surface area contributed by atoms with Crippen molar-refractivity contribution in [2.45, 2.75) is 13.5 Å². The molecule has 0 saturated carbocycles. The minimum atomic E-state index is -0.348. The van der Waals surface area contributed by atoms with Crippen LogP contribution >= 0.6 is 0 Å². The molecule has 6 heteroatoms. The first-order valence-electron chi connectivity index (χ1n) is 8.55. The average Bonchev–Trinajstić information content (AvgIpc) is 3.07. The first-order valence-corrected chi connectivity index (χ1v) is 8.55. The van der Waals surface area contributed by atoms with Crippen LogP contribution in [0, 0.1) is 12.7 Å². The largest absolute Gasteiger partial charge is 0.322 e. The van der Waals surface area contributed by atoms with E-state index >= 15 is 0 Å². The molecule has 1 N–H and O–H groups in total. The maximum Gasteiger partial charge on any atom is 0.255 e. The maximum atomic E-state index is 13.0. The first kappa shape index (κ1) is 16.9. The van der Waals surface area contributed by atoms with Gasteiger partial charge in [-0.1, -0.05) is 29.5 Å². The Morgan fingerprint density at radius 3 is 2.63 bits per heavy atom. The van der Waals surface area contributed by atoms with Crippen molar-refractivity contribution in [1.82, 2.24) is 15.0 Å². The number of fused-ring (bicyclic) bond motifs is 1. The number of benzene rings is 3. The van der Waals surface area contributed by atoms with Crippen LogP contribution in [0.3, 0.4) is 0 Å². The predicted molar refractivity (Wildman–Crippen MR) is 102 cm³/mol. The second-order valence-corrected chi connectivity index (χ2v) is 6.34. The van der Waals surface area contributed by atoms with E-state index in [1.54, 1.807) is 12.1 Å². The molecule has 0 bridgehead atoms. The van der Waals surface area contributed by atoms with Gasteiger partial charge in [0.15, 0.2) is 0 Å². The number of nitrogens with zero attached hydrogens (tertiary/aromatic N) is 3. The van der Waals surface area contributed by atoms with Crippen molar-refractivity contribution in [3.63, 3.8) is 0 Å². The van der Waals surface area contributed by atoms with E-state index in [1.807, 2.05) is 22.9 Å².